The van der Waals surface area contributed by atoms with Crippen molar-refractivity contribution in [1.29, 1.82) is 0 Å². The van der Waals surface area contributed by atoms with Gasteiger partial charge in [0.25, 0.3) is 0 Å². The fraction of sp³-hybridized carbons (Fsp3) is 0.500. The maximum absolute atomic E-state index is 12.5. The van der Waals surface area contributed by atoms with Gasteiger partial charge in [-0.2, -0.15) is 0 Å². The number of hydrogen-bond donors (Lipinski definition) is 2. The summed E-state index contributed by atoms with van der Waals surface area (Å²) < 4.78 is 0. The normalized spacial score (nSPS) is 29.4. The molecule has 0 bridgehead atoms. The van der Waals surface area contributed by atoms with Crippen LogP contribution in [0.3, 0.4) is 0 Å². The molecule has 4 heteroatoms. The molecule has 1 aromatic carbocycles. The van der Waals surface area contributed by atoms with E-state index < -0.39 is 11.0 Å². The van der Waals surface area contributed by atoms with E-state index in [1.807, 2.05) is 19.9 Å². The number of Topliss-reactive ketones (excluding diaryl/α,β-unsaturated/α-hetero) is 1. The van der Waals surface area contributed by atoms with Crippen molar-refractivity contribution < 1.29 is 15.1 Å². The van der Waals surface area contributed by atoms with Gasteiger partial charge in [-0.05, 0) is 19.8 Å². The molecule has 0 amide bonds. The maximum Gasteiger partial charge on any atom is 0.210 e. The summed E-state index contributed by atoms with van der Waals surface area (Å²) in [5, 5.41) is 23.0. The van der Waals surface area contributed by atoms with Gasteiger partial charge in [0.05, 0.1) is 5.60 Å². The molecule has 2 atom stereocenters. The first-order valence-corrected chi connectivity index (χ1v) is 6.85. The second-order valence-corrected chi connectivity index (χ2v) is 6.27. The minimum Gasteiger partial charge on any atom is -0.411 e. The molecular formula is C16H21NO3. The highest BCUT2D eigenvalue weighted by Gasteiger charge is 2.53. The summed E-state index contributed by atoms with van der Waals surface area (Å²) in [6.45, 7) is 5.59. The Morgan fingerprint density at radius 3 is 2.30 bits per heavy atom. The predicted molar refractivity (Wildman–Crippen MR) is 77.1 cm³/mol. The number of ketones is 1. The Bertz CT molecular complexity index is 532. The van der Waals surface area contributed by atoms with Crippen LogP contribution in [0.25, 0.3) is 0 Å². The summed E-state index contributed by atoms with van der Waals surface area (Å²) >= 11 is 0. The summed E-state index contributed by atoms with van der Waals surface area (Å²) in [7, 11) is 0. The average Bonchev–Trinajstić information content (AvgIpc) is 2.63. The Balaban J connectivity index is 2.34. The minimum absolute atomic E-state index is 0.138. The number of benzene rings is 1. The van der Waals surface area contributed by atoms with Gasteiger partial charge in [0.1, 0.15) is 5.71 Å². The summed E-state index contributed by atoms with van der Waals surface area (Å²) in [6, 6.07) is 8.79. The van der Waals surface area contributed by atoms with Gasteiger partial charge in [0.2, 0.25) is 5.78 Å². The SMILES string of the molecule is CC1(C)[C@@H](/C(=N\O)C(=O)c2ccccc2)CC[C@@]1(C)O. The molecule has 1 fully saturated rings. The van der Waals surface area contributed by atoms with Crippen molar-refractivity contribution in [3.8, 4) is 0 Å². The first-order chi connectivity index (χ1) is 9.31. The van der Waals surface area contributed by atoms with Gasteiger partial charge in [-0.1, -0.05) is 49.3 Å². The molecule has 2 N–H and O–H groups in total. The van der Waals surface area contributed by atoms with Crippen LogP contribution >= 0.6 is 0 Å². The number of aliphatic hydroxyl groups is 1. The number of carbonyl (C=O) groups is 1. The van der Waals surface area contributed by atoms with E-state index in [2.05, 4.69) is 5.16 Å². The predicted octanol–water partition coefficient (Wildman–Crippen LogP) is 2.89. The lowest BCUT2D eigenvalue weighted by Crippen LogP contribution is -2.43. The zero-order valence-corrected chi connectivity index (χ0v) is 12.1. The van der Waals surface area contributed by atoms with Gasteiger partial charge in [-0.25, -0.2) is 0 Å². The third-order valence-electron chi connectivity index (χ3n) is 4.89. The lowest BCUT2D eigenvalue weighted by Gasteiger charge is -2.37. The van der Waals surface area contributed by atoms with Crippen molar-refractivity contribution in [2.45, 2.75) is 39.2 Å². The quantitative estimate of drug-likeness (QED) is 0.386. The van der Waals surface area contributed by atoms with E-state index in [1.54, 1.807) is 31.2 Å². The van der Waals surface area contributed by atoms with Crippen LogP contribution in [-0.4, -0.2) is 27.4 Å². The first-order valence-electron chi connectivity index (χ1n) is 6.85. The van der Waals surface area contributed by atoms with Gasteiger partial charge in [0.15, 0.2) is 0 Å². The number of nitrogens with zero attached hydrogens (tertiary/aromatic N) is 1. The third-order valence-corrected chi connectivity index (χ3v) is 4.89. The fourth-order valence-corrected chi connectivity index (χ4v) is 2.97. The first kappa shape index (κ1) is 14.7. The summed E-state index contributed by atoms with van der Waals surface area (Å²) in [4.78, 5) is 12.5. The fourth-order valence-electron chi connectivity index (χ4n) is 2.97. The second-order valence-electron chi connectivity index (χ2n) is 6.27. The molecule has 20 heavy (non-hydrogen) atoms. The highest BCUT2D eigenvalue weighted by atomic mass is 16.4. The van der Waals surface area contributed by atoms with Gasteiger partial charge in [-0.3, -0.25) is 4.79 Å². The number of hydrogen-bond acceptors (Lipinski definition) is 4. The van der Waals surface area contributed by atoms with Crippen LogP contribution in [-0.2, 0) is 0 Å². The molecule has 0 radical (unpaired) electrons. The van der Waals surface area contributed by atoms with Crippen molar-refractivity contribution in [2.75, 3.05) is 0 Å². The van der Waals surface area contributed by atoms with Crippen molar-refractivity contribution >= 4 is 11.5 Å². The molecule has 0 saturated heterocycles. The second kappa shape index (κ2) is 5.02. The van der Waals surface area contributed by atoms with Crippen molar-refractivity contribution in [2.24, 2.45) is 16.5 Å². The Labute approximate surface area is 119 Å². The van der Waals surface area contributed by atoms with Gasteiger partial charge in [-0.15, -0.1) is 0 Å². The van der Waals surface area contributed by atoms with Crippen molar-refractivity contribution in [1.82, 2.24) is 0 Å². The van der Waals surface area contributed by atoms with Crippen molar-refractivity contribution in [3.63, 3.8) is 0 Å². The molecule has 108 valence electrons. The highest BCUT2D eigenvalue weighted by Crippen LogP contribution is 2.50. The highest BCUT2D eigenvalue weighted by molar-refractivity contribution is 6.46. The molecule has 0 aromatic heterocycles. The number of carbonyl (C=O) groups excluding carboxylic acids is 1. The third kappa shape index (κ3) is 2.24. The van der Waals surface area contributed by atoms with Crippen LogP contribution in [0, 0.1) is 11.3 Å². The van der Waals surface area contributed by atoms with Crippen LogP contribution in [0.4, 0.5) is 0 Å². The van der Waals surface area contributed by atoms with E-state index in [1.165, 1.54) is 0 Å². The Morgan fingerprint density at radius 1 is 1.25 bits per heavy atom. The molecule has 0 aliphatic heterocycles. The van der Waals surface area contributed by atoms with E-state index in [-0.39, 0.29) is 17.4 Å². The molecule has 4 nitrogen and oxygen atoms in total. The lowest BCUT2D eigenvalue weighted by molar-refractivity contribution is -0.0334. The molecule has 0 unspecified atom stereocenters. The molecule has 1 aliphatic carbocycles. The van der Waals surface area contributed by atoms with Crippen LogP contribution in [0.15, 0.2) is 35.5 Å². The van der Waals surface area contributed by atoms with E-state index in [0.717, 1.165) is 0 Å². The summed E-state index contributed by atoms with van der Waals surface area (Å²) in [5.74, 6) is -0.529. The standard InChI is InChI=1S/C16H21NO3/c1-15(2)12(9-10-16(15,3)19)13(17-20)14(18)11-7-5-4-6-8-11/h4-8,12,19-20H,9-10H2,1-3H3/b17-13+/t12-,16-/m1/s1. The summed E-state index contributed by atoms with van der Waals surface area (Å²) in [5.41, 5.74) is -0.745. The molecule has 0 spiro atoms. The molecule has 0 heterocycles. The molecule has 1 aliphatic rings. The molecule has 1 aromatic rings. The average molecular weight is 275 g/mol. The van der Waals surface area contributed by atoms with Crippen LogP contribution < -0.4 is 0 Å². The largest absolute Gasteiger partial charge is 0.411 e. The van der Waals surface area contributed by atoms with Gasteiger partial charge in [0, 0.05) is 16.9 Å². The monoisotopic (exact) mass is 275 g/mol. The van der Waals surface area contributed by atoms with E-state index >= 15 is 0 Å². The Kier molecular flexibility index (Phi) is 3.69. The zero-order valence-electron chi connectivity index (χ0n) is 12.1. The van der Waals surface area contributed by atoms with E-state index in [0.29, 0.717) is 18.4 Å². The number of oxime groups is 1. The minimum atomic E-state index is -0.870. The van der Waals surface area contributed by atoms with E-state index in [4.69, 9.17) is 0 Å². The topological polar surface area (TPSA) is 69.9 Å². The van der Waals surface area contributed by atoms with Crippen LogP contribution in [0.1, 0.15) is 44.0 Å². The smallest absolute Gasteiger partial charge is 0.210 e. The lowest BCUT2D eigenvalue weighted by atomic mass is 9.71. The Morgan fingerprint density at radius 2 is 1.85 bits per heavy atom. The molecular weight excluding hydrogens is 254 g/mol. The van der Waals surface area contributed by atoms with Gasteiger partial charge < -0.3 is 10.3 Å². The van der Waals surface area contributed by atoms with Crippen molar-refractivity contribution in [3.05, 3.63) is 35.9 Å². The maximum atomic E-state index is 12.5. The Hall–Kier alpha value is -1.68. The number of rotatable bonds is 3. The van der Waals surface area contributed by atoms with Gasteiger partial charge >= 0.3 is 0 Å². The summed E-state index contributed by atoms with van der Waals surface area (Å²) in [6.07, 6.45) is 1.23. The zero-order chi connectivity index (χ0) is 15.0. The van der Waals surface area contributed by atoms with Crippen LogP contribution in [0.2, 0.25) is 0 Å². The molecule has 1 saturated carbocycles. The van der Waals surface area contributed by atoms with E-state index in [9.17, 15) is 15.1 Å². The molecule has 2 rings (SSSR count). The van der Waals surface area contributed by atoms with Crippen LogP contribution in [0.5, 0.6) is 0 Å².